The second-order valence-electron chi connectivity index (χ2n) is 7.22. The van der Waals surface area contributed by atoms with Crippen LogP contribution in [-0.4, -0.2) is 29.0 Å². The summed E-state index contributed by atoms with van der Waals surface area (Å²) in [6.45, 7) is 1.91. The van der Waals surface area contributed by atoms with Crippen molar-refractivity contribution in [3.8, 4) is 5.75 Å². The molecule has 0 spiro atoms. The lowest BCUT2D eigenvalue weighted by atomic mass is 9.88. The number of primary amides is 1. The average molecular weight is 357 g/mol. The van der Waals surface area contributed by atoms with Crippen molar-refractivity contribution in [2.75, 3.05) is 7.11 Å². The Morgan fingerprint density at radius 1 is 1.19 bits per heavy atom. The molecule has 1 aromatic heterocycles. The predicted octanol–water partition coefficient (Wildman–Crippen LogP) is 2.80. The molecular formula is C20H27N3O3. The molecule has 0 aliphatic heterocycles. The van der Waals surface area contributed by atoms with Crippen molar-refractivity contribution < 1.29 is 14.3 Å². The van der Waals surface area contributed by atoms with E-state index in [4.69, 9.17) is 10.5 Å². The quantitative estimate of drug-likeness (QED) is 0.825. The fourth-order valence-electron chi connectivity index (χ4n) is 4.01. The van der Waals surface area contributed by atoms with E-state index in [9.17, 15) is 9.59 Å². The highest BCUT2D eigenvalue weighted by Crippen LogP contribution is 2.31. The highest BCUT2D eigenvalue weighted by atomic mass is 16.5. The Morgan fingerprint density at radius 3 is 2.42 bits per heavy atom. The van der Waals surface area contributed by atoms with E-state index >= 15 is 0 Å². The Hall–Kier alpha value is -2.50. The number of carbonyl (C=O) groups is 2. The maximum absolute atomic E-state index is 13.2. The number of nitrogens with two attached hydrogens (primary N) is 1. The lowest BCUT2D eigenvalue weighted by Gasteiger charge is -2.30. The smallest absolute Gasteiger partial charge is 0.254 e. The van der Waals surface area contributed by atoms with Crippen molar-refractivity contribution in [1.82, 2.24) is 9.88 Å². The van der Waals surface area contributed by atoms with E-state index in [2.05, 4.69) is 5.32 Å². The maximum Gasteiger partial charge on any atom is 0.254 e. The second-order valence-corrected chi connectivity index (χ2v) is 7.22. The summed E-state index contributed by atoms with van der Waals surface area (Å²) in [6.07, 6.45) is 5.12. The minimum absolute atomic E-state index is 0.248. The minimum atomic E-state index is -0.957. The first-order valence-corrected chi connectivity index (χ1v) is 9.15. The van der Waals surface area contributed by atoms with Crippen molar-refractivity contribution in [3.63, 3.8) is 0 Å². The monoisotopic (exact) mass is 357 g/mol. The van der Waals surface area contributed by atoms with Gasteiger partial charge in [-0.1, -0.05) is 25.7 Å². The van der Waals surface area contributed by atoms with Crippen molar-refractivity contribution in [2.45, 2.75) is 51.0 Å². The van der Waals surface area contributed by atoms with Gasteiger partial charge >= 0.3 is 0 Å². The summed E-state index contributed by atoms with van der Waals surface area (Å²) in [4.78, 5) is 25.4. The van der Waals surface area contributed by atoms with E-state index in [0.717, 1.165) is 42.3 Å². The fraction of sp³-hybridized carbons (Fsp3) is 0.500. The third kappa shape index (κ3) is 3.04. The van der Waals surface area contributed by atoms with Gasteiger partial charge in [-0.15, -0.1) is 0 Å². The highest BCUT2D eigenvalue weighted by molar-refractivity contribution is 6.10. The van der Waals surface area contributed by atoms with Crippen LogP contribution in [0.5, 0.6) is 5.75 Å². The summed E-state index contributed by atoms with van der Waals surface area (Å²) in [5.41, 5.74) is 7.13. The number of nitrogens with one attached hydrogen (secondary N) is 1. The number of aryl methyl sites for hydroxylation is 1. The summed E-state index contributed by atoms with van der Waals surface area (Å²) in [5.74, 6) is 0.00139. The summed E-state index contributed by atoms with van der Waals surface area (Å²) in [7, 11) is 3.53. The number of carbonyl (C=O) groups excluding carboxylic acids is 2. The first-order chi connectivity index (χ1) is 12.4. The number of rotatable bonds is 4. The molecule has 0 saturated heterocycles. The van der Waals surface area contributed by atoms with Crippen LogP contribution in [0.1, 0.15) is 54.6 Å². The molecule has 1 aliphatic rings. The molecule has 1 aliphatic carbocycles. The van der Waals surface area contributed by atoms with E-state index in [1.165, 1.54) is 0 Å². The lowest BCUT2D eigenvalue weighted by Crippen LogP contribution is -2.57. The molecule has 2 amide bonds. The van der Waals surface area contributed by atoms with Gasteiger partial charge in [0, 0.05) is 23.6 Å². The molecule has 6 nitrogen and oxygen atoms in total. The van der Waals surface area contributed by atoms with Crippen LogP contribution < -0.4 is 15.8 Å². The summed E-state index contributed by atoms with van der Waals surface area (Å²) in [6, 6.07) is 5.67. The van der Waals surface area contributed by atoms with E-state index in [-0.39, 0.29) is 5.91 Å². The third-order valence-corrected chi connectivity index (χ3v) is 5.71. The van der Waals surface area contributed by atoms with Gasteiger partial charge in [0.2, 0.25) is 5.91 Å². The number of fused-ring (bicyclic) bond motifs is 1. The van der Waals surface area contributed by atoms with Crippen molar-refractivity contribution in [3.05, 3.63) is 29.5 Å². The van der Waals surface area contributed by atoms with E-state index in [0.29, 0.717) is 24.2 Å². The van der Waals surface area contributed by atoms with Gasteiger partial charge in [-0.3, -0.25) is 9.59 Å². The van der Waals surface area contributed by atoms with Crippen LogP contribution in [0.2, 0.25) is 0 Å². The summed E-state index contributed by atoms with van der Waals surface area (Å²) < 4.78 is 7.30. The fourth-order valence-corrected chi connectivity index (χ4v) is 4.01. The molecule has 0 bridgehead atoms. The molecule has 26 heavy (non-hydrogen) atoms. The maximum atomic E-state index is 13.2. The molecule has 2 aromatic rings. The van der Waals surface area contributed by atoms with Crippen molar-refractivity contribution >= 4 is 22.7 Å². The van der Waals surface area contributed by atoms with Crippen LogP contribution in [0.3, 0.4) is 0 Å². The number of hydrogen-bond donors (Lipinski definition) is 2. The molecule has 3 rings (SSSR count). The SMILES string of the molecule is COc1ccc2c(c1)c(C(=O)NC1(C(N)=O)CCCCCC1)c(C)n2C. The van der Waals surface area contributed by atoms with Gasteiger partial charge in [-0.2, -0.15) is 0 Å². The molecule has 140 valence electrons. The number of hydrogen-bond acceptors (Lipinski definition) is 3. The van der Waals surface area contributed by atoms with Gasteiger partial charge in [-0.05, 0) is 38.0 Å². The lowest BCUT2D eigenvalue weighted by molar-refractivity contribution is -0.124. The van der Waals surface area contributed by atoms with Gasteiger partial charge in [0.1, 0.15) is 11.3 Å². The first kappa shape index (κ1) is 18.3. The molecule has 3 N–H and O–H groups in total. The van der Waals surface area contributed by atoms with Crippen LogP contribution in [0.4, 0.5) is 0 Å². The minimum Gasteiger partial charge on any atom is -0.497 e. The van der Waals surface area contributed by atoms with Crippen LogP contribution in [0.15, 0.2) is 18.2 Å². The molecule has 1 fully saturated rings. The molecule has 1 aromatic carbocycles. The topological polar surface area (TPSA) is 86.3 Å². The van der Waals surface area contributed by atoms with Crippen LogP contribution >= 0.6 is 0 Å². The number of methoxy groups -OCH3 is 1. The largest absolute Gasteiger partial charge is 0.497 e. The van der Waals surface area contributed by atoms with Gasteiger partial charge in [0.05, 0.1) is 12.7 Å². The zero-order chi connectivity index (χ0) is 18.9. The zero-order valence-corrected chi connectivity index (χ0v) is 15.7. The Balaban J connectivity index is 2.03. The first-order valence-electron chi connectivity index (χ1n) is 9.15. The number of amides is 2. The second kappa shape index (κ2) is 7.02. The summed E-state index contributed by atoms with van der Waals surface area (Å²) >= 11 is 0. The highest BCUT2D eigenvalue weighted by Gasteiger charge is 2.39. The van der Waals surface area contributed by atoms with E-state index in [1.807, 2.05) is 36.7 Å². The zero-order valence-electron chi connectivity index (χ0n) is 15.7. The molecule has 0 atom stereocenters. The Morgan fingerprint density at radius 2 is 1.85 bits per heavy atom. The Labute approximate surface area is 153 Å². The molecule has 1 heterocycles. The Kier molecular flexibility index (Phi) is 4.94. The molecule has 6 heteroatoms. The number of benzene rings is 1. The summed E-state index contributed by atoms with van der Waals surface area (Å²) in [5, 5.41) is 3.82. The van der Waals surface area contributed by atoms with Crippen molar-refractivity contribution in [2.24, 2.45) is 12.8 Å². The molecule has 0 unspecified atom stereocenters. The van der Waals surface area contributed by atoms with Gasteiger partial charge in [0.25, 0.3) is 5.91 Å². The molecule has 1 saturated carbocycles. The predicted molar refractivity (Wildman–Crippen MR) is 101 cm³/mol. The molecule has 0 radical (unpaired) electrons. The number of nitrogens with zero attached hydrogens (tertiary/aromatic N) is 1. The average Bonchev–Trinajstić information content (AvgIpc) is 2.78. The van der Waals surface area contributed by atoms with Gasteiger partial charge < -0.3 is 20.4 Å². The van der Waals surface area contributed by atoms with E-state index < -0.39 is 11.4 Å². The standard InChI is InChI=1S/C20H27N3O3/c1-13-17(15-12-14(26-3)8-9-16(15)23(13)2)18(24)22-20(19(21)25)10-6-4-5-7-11-20/h8-9,12H,4-7,10-11H2,1-3H3,(H2,21,25)(H,22,24). The van der Waals surface area contributed by atoms with E-state index in [1.54, 1.807) is 7.11 Å². The normalized spacial score (nSPS) is 16.9. The Bertz CT molecular complexity index is 846. The number of aromatic nitrogens is 1. The van der Waals surface area contributed by atoms with Crippen LogP contribution in [0, 0.1) is 6.92 Å². The van der Waals surface area contributed by atoms with Gasteiger partial charge in [-0.25, -0.2) is 0 Å². The van der Waals surface area contributed by atoms with Gasteiger partial charge in [0.15, 0.2) is 0 Å². The third-order valence-electron chi connectivity index (χ3n) is 5.71. The molecular weight excluding hydrogens is 330 g/mol. The van der Waals surface area contributed by atoms with Crippen LogP contribution in [-0.2, 0) is 11.8 Å². The van der Waals surface area contributed by atoms with Crippen molar-refractivity contribution in [1.29, 1.82) is 0 Å². The van der Waals surface area contributed by atoms with Crippen LogP contribution in [0.25, 0.3) is 10.9 Å². The number of ether oxygens (including phenoxy) is 1.